The van der Waals surface area contributed by atoms with Crippen molar-refractivity contribution in [2.24, 2.45) is 0 Å². The van der Waals surface area contributed by atoms with Crippen LogP contribution in [0.4, 0.5) is 11.4 Å². The number of aliphatic hydroxyl groups excluding tert-OH is 2. The predicted molar refractivity (Wildman–Crippen MR) is 221 cm³/mol. The molecule has 0 spiro atoms. The lowest BCUT2D eigenvalue weighted by Crippen LogP contribution is -2.24. The molecule has 0 fully saturated rings. The third kappa shape index (κ3) is 4.69. The first kappa shape index (κ1) is 34.6. The number of nitrogens with zero attached hydrogens (tertiary/aromatic N) is 2. The number of fused-ring (bicyclic) bond motifs is 4. The van der Waals surface area contributed by atoms with Crippen molar-refractivity contribution in [3.05, 3.63) is 162 Å². The summed E-state index contributed by atoms with van der Waals surface area (Å²) in [5.41, 5.74) is 12.0. The molecule has 2 N–H and O–H groups in total. The van der Waals surface area contributed by atoms with Crippen LogP contribution in [0, 0.1) is 0 Å². The van der Waals surface area contributed by atoms with Crippen molar-refractivity contribution in [3.63, 3.8) is 0 Å². The van der Waals surface area contributed by atoms with Crippen LogP contribution in [0.25, 0.3) is 11.1 Å². The van der Waals surface area contributed by atoms with Crippen molar-refractivity contribution in [3.8, 4) is 0 Å². The third-order valence-electron chi connectivity index (χ3n) is 12.1. The summed E-state index contributed by atoms with van der Waals surface area (Å²) < 4.78 is 0. The summed E-state index contributed by atoms with van der Waals surface area (Å²) in [6, 6.07) is 20.9. The highest BCUT2D eigenvalue weighted by Crippen LogP contribution is 2.55. The zero-order valence-corrected chi connectivity index (χ0v) is 33.1. The average Bonchev–Trinajstić information content (AvgIpc) is 3.76. The molecule has 0 bridgehead atoms. The van der Waals surface area contributed by atoms with Gasteiger partial charge >= 0.3 is 0 Å². The molecule has 6 nitrogen and oxygen atoms in total. The molecule has 2 heterocycles. The first-order chi connectivity index (χ1) is 25.6. The van der Waals surface area contributed by atoms with Gasteiger partial charge in [0.15, 0.2) is 0 Å². The highest BCUT2D eigenvalue weighted by Gasteiger charge is 2.41. The number of aliphatic hydroxyl groups is 2. The standard InChI is InChI=1S/C46H40N2O4S2/c1-23-25-13-9-11-15-31(25)45(3,4)33(23)17-27-41(49)29(42(27)50)19-39-47(7)35-21-36-38(22-37(35)53-39)54-40(48(36)8)20-30-43(51)28(44(30)52)18-34-24(2)26-14-10-12-16-32(26)46(34,5)6/h9-22,49,51H,1-8H3. The van der Waals surface area contributed by atoms with Crippen LogP contribution in [-0.4, -0.2) is 35.9 Å². The van der Waals surface area contributed by atoms with Crippen LogP contribution in [0.3, 0.4) is 0 Å². The summed E-state index contributed by atoms with van der Waals surface area (Å²) in [5, 5.41) is 24.0. The molecule has 270 valence electrons. The van der Waals surface area contributed by atoms with E-state index < -0.39 is 0 Å². The van der Waals surface area contributed by atoms with E-state index in [1.807, 2.05) is 60.3 Å². The van der Waals surface area contributed by atoms with Crippen molar-refractivity contribution in [2.75, 3.05) is 23.9 Å². The van der Waals surface area contributed by atoms with E-state index in [1.54, 1.807) is 35.7 Å². The average molecular weight is 749 g/mol. The number of Topliss-reactive ketones (excluding diaryl/α,β-unsaturated/α-hetero) is 2. The number of thioether (sulfide) groups is 2. The van der Waals surface area contributed by atoms with Gasteiger partial charge in [0.25, 0.3) is 0 Å². The van der Waals surface area contributed by atoms with Crippen molar-refractivity contribution < 1.29 is 19.8 Å². The Labute approximate surface area is 324 Å². The summed E-state index contributed by atoms with van der Waals surface area (Å²) in [4.78, 5) is 33.1. The van der Waals surface area contributed by atoms with Gasteiger partial charge in [-0.2, -0.15) is 0 Å². The first-order valence-electron chi connectivity index (χ1n) is 18.1. The van der Waals surface area contributed by atoms with Crippen LogP contribution in [0.15, 0.2) is 150 Å². The smallest absolute Gasteiger partial charge is 0.200 e. The molecule has 0 aromatic heterocycles. The van der Waals surface area contributed by atoms with Gasteiger partial charge in [-0.1, -0.05) is 99.7 Å². The van der Waals surface area contributed by atoms with E-state index in [0.29, 0.717) is 22.3 Å². The van der Waals surface area contributed by atoms with Crippen molar-refractivity contribution >= 4 is 57.6 Å². The largest absolute Gasteiger partial charge is 0.506 e. The lowest BCUT2D eigenvalue weighted by atomic mass is 9.78. The van der Waals surface area contributed by atoms with Crippen molar-refractivity contribution in [1.29, 1.82) is 0 Å². The number of ketones is 2. The molecule has 3 aromatic rings. The Balaban J connectivity index is 0.949. The Kier molecular flexibility index (Phi) is 7.47. The summed E-state index contributed by atoms with van der Waals surface area (Å²) in [6.07, 6.45) is 7.31. The predicted octanol–water partition coefficient (Wildman–Crippen LogP) is 10.6. The molecule has 0 amide bonds. The van der Waals surface area contributed by atoms with E-state index in [0.717, 1.165) is 53.5 Å². The van der Waals surface area contributed by atoms with Gasteiger partial charge in [0, 0.05) is 34.7 Å². The van der Waals surface area contributed by atoms with Crippen LogP contribution in [0.1, 0.15) is 63.8 Å². The quantitative estimate of drug-likeness (QED) is 0.255. The minimum Gasteiger partial charge on any atom is -0.506 e. The fraction of sp³-hybridized carbons (Fsp3) is 0.217. The molecule has 3 aromatic carbocycles. The highest BCUT2D eigenvalue weighted by atomic mass is 32.2. The van der Waals surface area contributed by atoms with E-state index in [9.17, 15) is 19.8 Å². The Bertz CT molecular complexity index is 2430. The third-order valence-corrected chi connectivity index (χ3v) is 14.4. The maximum Gasteiger partial charge on any atom is 0.200 e. The SMILES string of the molecule is CC1=C(C=C2C(=O)C(C=C3Sc4cc5c(cc4N3C)N(C)C(=CC3=C(O)C(=CC4=C(C)c6ccccc6C4(C)C)C3=O)S5)=C2O)C(C)(C)c2ccccc21. The van der Waals surface area contributed by atoms with Crippen LogP contribution in [0.5, 0.6) is 0 Å². The maximum atomic E-state index is 13.5. The number of carbonyl (C=O) groups excluding carboxylic acids is 2. The summed E-state index contributed by atoms with van der Waals surface area (Å²) in [5.74, 6) is -0.256. The Morgan fingerprint density at radius 1 is 0.593 bits per heavy atom. The molecule has 2 aliphatic heterocycles. The number of benzene rings is 3. The van der Waals surface area contributed by atoms with Gasteiger partial charge in [-0.05, 0) is 94.8 Å². The number of carbonyl (C=O) groups is 2. The van der Waals surface area contributed by atoms with E-state index in [2.05, 4.69) is 77.9 Å². The minimum atomic E-state index is -0.269. The number of anilines is 2. The number of hydrogen-bond acceptors (Lipinski definition) is 8. The lowest BCUT2D eigenvalue weighted by Gasteiger charge is -2.26. The van der Waals surface area contributed by atoms with Gasteiger partial charge in [0.05, 0.1) is 43.7 Å². The summed E-state index contributed by atoms with van der Waals surface area (Å²) >= 11 is 3.11. The fourth-order valence-corrected chi connectivity index (χ4v) is 11.1. The van der Waals surface area contributed by atoms with E-state index in [-0.39, 0.29) is 33.9 Å². The molecule has 54 heavy (non-hydrogen) atoms. The zero-order valence-electron chi connectivity index (χ0n) is 31.5. The second kappa shape index (κ2) is 11.7. The second-order valence-corrected chi connectivity index (χ2v) is 17.9. The van der Waals surface area contributed by atoms with E-state index in [4.69, 9.17) is 0 Å². The molecule has 8 heteroatoms. The zero-order chi connectivity index (χ0) is 38.2. The monoisotopic (exact) mass is 748 g/mol. The van der Waals surface area contributed by atoms with Crippen LogP contribution >= 0.6 is 23.5 Å². The molecule has 0 saturated heterocycles. The Hall–Kier alpha value is -5.18. The molecule has 0 saturated carbocycles. The van der Waals surface area contributed by atoms with Crippen LogP contribution < -0.4 is 9.80 Å². The molecule has 6 aliphatic rings. The molecule has 4 aliphatic carbocycles. The van der Waals surface area contributed by atoms with Crippen molar-refractivity contribution in [1.82, 2.24) is 0 Å². The number of hydrogen-bond donors (Lipinski definition) is 2. The van der Waals surface area contributed by atoms with Gasteiger partial charge in [0.1, 0.15) is 11.5 Å². The first-order valence-corrected chi connectivity index (χ1v) is 19.7. The second-order valence-electron chi connectivity index (χ2n) is 15.8. The molecule has 0 radical (unpaired) electrons. The van der Waals surface area contributed by atoms with Gasteiger partial charge in [-0.3, -0.25) is 9.59 Å². The Morgan fingerprint density at radius 3 is 1.35 bits per heavy atom. The van der Waals surface area contributed by atoms with Crippen LogP contribution in [-0.2, 0) is 20.4 Å². The number of allylic oxidation sites excluding steroid dienone is 12. The molecular formula is C46H40N2O4S2. The van der Waals surface area contributed by atoms with Crippen LogP contribution in [0.2, 0.25) is 0 Å². The van der Waals surface area contributed by atoms with Gasteiger partial charge in [-0.15, -0.1) is 0 Å². The van der Waals surface area contributed by atoms with Gasteiger partial charge in [0.2, 0.25) is 11.6 Å². The maximum absolute atomic E-state index is 13.5. The highest BCUT2D eigenvalue weighted by molar-refractivity contribution is 8.04. The molecular weight excluding hydrogens is 709 g/mol. The molecule has 0 unspecified atom stereocenters. The van der Waals surface area contributed by atoms with Gasteiger partial charge < -0.3 is 20.0 Å². The lowest BCUT2D eigenvalue weighted by molar-refractivity contribution is -0.114. The summed E-state index contributed by atoms with van der Waals surface area (Å²) in [6.45, 7) is 12.8. The minimum absolute atomic E-state index is 0.0297. The Morgan fingerprint density at radius 2 is 0.981 bits per heavy atom. The normalized spacial score (nSPS) is 23.7. The van der Waals surface area contributed by atoms with Crippen molar-refractivity contribution in [2.45, 2.75) is 62.2 Å². The van der Waals surface area contributed by atoms with E-state index in [1.165, 1.54) is 22.3 Å². The van der Waals surface area contributed by atoms with E-state index >= 15 is 0 Å². The summed E-state index contributed by atoms with van der Waals surface area (Å²) in [7, 11) is 3.93. The molecule has 0 atom stereocenters. The molecule has 9 rings (SSSR count). The topological polar surface area (TPSA) is 81.1 Å². The fourth-order valence-electron chi connectivity index (χ4n) is 8.84. The van der Waals surface area contributed by atoms with Gasteiger partial charge in [-0.25, -0.2) is 0 Å². The number of rotatable bonds is 4.